The lowest BCUT2D eigenvalue weighted by Gasteiger charge is -2.06. The van der Waals surface area contributed by atoms with Gasteiger partial charge in [-0.1, -0.05) is 18.2 Å². The summed E-state index contributed by atoms with van der Waals surface area (Å²) in [6.07, 6.45) is 0. The van der Waals surface area contributed by atoms with E-state index in [1.54, 1.807) is 28.1 Å². The number of pyridine rings is 1. The van der Waals surface area contributed by atoms with Crippen molar-refractivity contribution in [2.45, 2.75) is 0 Å². The van der Waals surface area contributed by atoms with Gasteiger partial charge in [0.15, 0.2) is 0 Å². The molecule has 0 atom stereocenters. The van der Waals surface area contributed by atoms with Crippen LogP contribution in [0, 0.1) is 17.1 Å². The first-order valence-corrected chi connectivity index (χ1v) is 6.75. The molecule has 0 spiro atoms. The van der Waals surface area contributed by atoms with Crippen molar-refractivity contribution in [3.05, 3.63) is 64.1 Å². The second-order valence-corrected chi connectivity index (χ2v) is 5.16. The van der Waals surface area contributed by atoms with E-state index in [9.17, 15) is 14.4 Å². The highest BCUT2D eigenvalue weighted by Crippen LogP contribution is 2.26. The molecule has 4 rings (SSSR count). The number of aromatic nitrogens is 2. The Morgan fingerprint density at radius 2 is 1.73 bits per heavy atom. The minimum Gasteiger partial charge on any atom is -0.328 e. The van der Waals surface area contributed by atoms with E-state index in [1.807, 2.05) is 30.3 Å². The number of para-hydroxylation sites is 2. The summed E-state index contributed by atoms with van der Waals surface area (Å²) in [4.78, 5) is 12.5. The lowest BCUT2D eigenvalue weighted by Crippen LogP contribution is -2.13. The summed E-state index contributed by atoms with van der Waals surface area (Å²) in [7, 11) is 1.79. The van der Waals surface area contributed by atoms with Gasteiger partial charge in [-0.05, 0) is 24.3 Å². The molecule has 0 saturated carbocycles. The smallest absolute Gasteiger partial charge is 0.212 e. The molecule has 2 aromatic carbocycles. The summed E-state index contributed by atoms with van der Waals surface area (Å²) >= 11 is 0. The summed E-state index contributed by atoms with van der Waals surface area (Å²) in [5.41, 5.74) is 2.03. The fourth-order valence-corrected chi connectivity index (χ4v) is 3.09. The van der Waals surface area contributed by atoms with Crippen molar-refractivity contribution < 1.29 is 4.39 Å². The summed E-state index contributed by atoms with van der Waals surface area (Å²) in [6, 6.07) is 14.0. The zero-order chi connectivity index (χ0) is 15.4. The molecule has 0 amide bonds. The fraction of sp³-hybridized carbons (Fsp3) is 0.0588. The van der Waals surface area contributed by atoms with Crippen LogP contribution in [0.4, 0.5) is 4.39 Å². The lowest BCUT2D eigenvalue weighted by atomic mass is 10.1. The zero-order valence-electron chi connectivity index (χ0n) is 11.7. The number of nitrogens with zero attached hydrogens (tertiary/aromatic N) is 3. The highest BCUT2D eigenvalue weighted by atomic mass is 19.1. The van der Waals surface area contributed by atoms with Gasteiger partial charge in [0.25, 0.3) is 0 Å². The average molecular weight is 291 g/mol. The SMILES string of the molecule is Cn1c2ccccc2n2c3cccc(F)c3c(=O)c(C#N)c12. The number of hydrogen-bond acceptors (Lipinski definition) is 2. The molecule has 0 aliphatic rings. The second kappa shape index (κ2) is 4.18. The van der Waals surface area contributed by atoms with Crippen molar-refractivity contribution in [2.24, 2.45) is 7.05 Å². The Morgan fingerprint density at radius 1 is 1.05 bits per heavy atom. The first-order chi connectivity index (χ1) is 10.6. The van der Waals surface area contributed by atoms with Crippen LogP contribution in [0.25, 0.3) is 27.6 Å². The van der Waals surface area contributed by atoms with E-state index in [2.05, 4.69) is 0 Å². The highest BCUT2D eigenvalue weighted by Gasteiger charge is 2.19. The van der Waals surface area contributed by atoms with Gasteiger partial charge >= 0.3 is 0 Å². The van der Waals surface area contributed by atoms with Crippen LogP contribution in [0.15, 0.2) is 47.3 Å². The molecule has 0 bridgehead atoms. The van der Waals surface area contributed by atoms with E-state index >= 15 is 0 Å². The Bertz CT molecular complexity index is 1180. The molecular weight excluding hydrogens is 281 g/mol. The quantitative estimate of drug-likeness (QED) is 0.500. The van der Waals surface area contributed by atoms with Crippen LogP contribution in [0.1, 0.15) is 5.56 Å². The van der Waals surface area contributed by atoms with E-state index in [0.29, 0.717) is 11.2 Å². The van der Waals surface area contributed by atoms with E-state index in [0.717, 1.165) is 11.0 Å². The van der Waals surface area contributed by atoms with Crippen molar-refractivity contribution in [3.8, 4) is 6.07 Å². The number of benzene rings is 2. The number of nitriles is 1. The van der Waals surface area contributed by atoms with Crippen molar-refractivity contribution in [3.63, 3.8) is 0 Å². The van der Waals surface area contributed by atoms with Crippen LogP contribution >= 0.6 is 0 Å². The molecule has 2 heterocycles. The Morgan fingerprint density at radius 3 is 2.45 bits per heavy atom. The third-order valence-electron chi connectivity index (χ3n) is 4.04. The van der Waals surface area contributed by atoms with E-state index in [4.69, 9.17) is 0 Å². The molecule has 0 N–H and O–H groups in total. The van der Waals surface area contributed by atoms with E-state index in [1.165, 1.54) is 6.07 Å². The van der Waals surface area contributed by atoms with Gasteiger partial charge < -0.3 is 4.57 Å². The summed E-state index contributed by atoms with van der Waals surface area (Å²) < 4.78 is 17.7. The molecule has 0 radical (unpaired) electrons. The van der Waals surface area contributed by atoms with Crippen molar-refractivity contribution in [1.82, 2.24) is 8.97 Å². The standard InChI is InChI=1S/C17H10FN3O/c1-20-12-6-2-3-7-13(12)21-14-8-4-5-11(18)15(14)16(22)10(9-19)17(20)21/h2-8H,1H3. The molecule has 0 aliphatic heterocycles. The second-order valence-electron chi connectivity index (χ2n) is 5.16. The summed E-state index contributed by atoms with van der Waals surface area (Å²) in [5.74, 6) is -0.610. The van der Waals surface area contributed by atoms with Gasteiger partial charge in [-0.15, -0.1) is 0 Å². The Hall–Kier alpha value is -3.13. The fourth-order valence-electron chi connectivity index (χ4n) is 3.09. The van der Waals surface area contributed by atoms with Crippen LogP contribution in [-0.2, 0) is 7.05 Å². The van der Waals surface area contributed by atoms with Crippen molar-refractivity contribution in [1.29, 1.82) is 5.26 Å². The van der Waals surface area contributed by atoms with Gasteiger partial charge in [-0.3, -0.25) is 9.20 Å². The topological polar surface area (TPSA) is 50.2 Å². The minimum absolute atomic E-state index is 0.0451. The van der Waals surface area contributed by atoms with Crippen LogP contribution < -0.4 is 5.43 Å². The van der Waals surface area contributed by atoms with Crippen molar-refractivity contribution in [2.75, 3.05) is 0 Å². The number of rotatable bonds is 0. The molecule has 0 unspecified atom stereocenters. The van der Waals surface area contributed by atoms with Gasteiger partial charge in [-0.25, -0.2) is 4.39 Å². The maximum atomic E-state index is 14.2. The molecule has 0 saturated heterocycles. The lowest BCUT2D eigenvalue weighted by molar-refractivity contribution is 0.639. The third kappa shape index (κ3) is 1.36. The monoisotopic (exact) mass is 291 g/mol. The largest absolute Gasteiger partial charge is 0.328 e. The van der Waals surface area contributed by atoms with Crippen LogP contribution in [0.3, 0.4) is 0 Å². The molecular formula is C17H10FN3O. The predicted octanol–water partition coefficient (Wildman–Crippen LogP) is 2.96. The Balaban J connectivity index is 2.53. The first kappa shape index (κ1) is 12.6. The van der Waals surface area contributed by atoms with Gasteiger partial charge in [0, 0.05) is 7.05 Å². The van der Waals surface area contributed by atoms with Gasteiger partial charge in [0.05, 0.1) is 21.9 Å². The molecule has 5 heteroatoms. The molecule has 2 aromatic heterocycles. The number of aryl methyl sites for hydroxylation is 1. The van der Waals surface area contributed by atoms with Gasteiger partial charge in [0.2, 0.25) is 5.43 Å². The number of imidazole rings is 1. The average Bonchev–Trinajstić information content (AvgIpc) is 2.82. The van der Waals surface area contributed by atoms with E-state index < -0.39 is 11.2 Å². The Labute approximate surface area is 124 Å². The van der Waals surface area contributed by atoms with Crippen LogP contribution in [-0.4, -0.2) is 8.97 Å². The molecule has 0 fully saturated rings. The maximum absolute atomic E-state index is 14.2. The maximum Gasteiger partial charge on any atom is 0.212 e. The van der Waals surface area contributed by atoms with Crippen LogP contribution in [0.5, 0.6) is 0 Å². The number of hydrogen-bond donors (Lipinski definition) is 0. The van der Waals surface area contributed by atoms with Gasteiger partial charge in [0.1, 0.15) is 23.1 Å². The first-order valence-electron chi connectivity index (χ1n) is 6.75. The molecule has 4 aromatic rings. The molecule has 106 valence electrons. The normalized spacial score (nSPS) is 11.3. The Kier molecular flexibility index (Phi) is 2.40. The molecule has 22 heavy (non-hydrogen) atoms. The third-order valence-corrected chi connectivity index (χ3v) is 4.04. The van der Waals surface area contributed by atoms with E-state index in [-0.39, 0.29) is 10.9 Å². The zero-order valence-corrected chi connectivity index (χ0v) is 11.7. The van der Waals surface area contributed by atoms with Gasteiger partial charge in [-0.2, -0.15) is 5.26 Å². The summed E-state index contributed by atoms with van der Waals surface area (Å²) in [6.45, 7) is 0. The van der Waals surface area contributed by atoms with Crippen LogP contribution in [0.2, 0.25) is 0 Å². The minimum atomic E-state index is -0.610. The molecule has 0 aliphatic carbocycles. The number of halogens is 1. The predicted molar refractivity (Wildman–Crippen MR) is 82.3 cm³/mol. The molecule has 4 nitrogen and oxygen atoms in total. The summed E-state index contributed by atoms with van der Waals surface area (Å²) in [5, 5.41) is 9.37. The number of fused-ring (bicyclic) bond motifs is 5. The van der Waals surface area contributed by atoms with Crippen molar-refractivity contribution >= 4 is 27.6 Å². The highest BCUT2D eigenvalue weighted by molar-refractivity contribution is 5.93.